The molecule has 0 saturated carbocycles. The number of amides is 1. The monoisotopic (exact) mass is 397 g/mol. The standard InChI is InChI=1S/C22H24ClN3O2/c1-16-14-19(23)6-9-21(16)28-17(2)22(27)26-11-3-10-25(12-13-26)20-7-4-18(15-24)5-8-20/h4-9,14,17H,3,10-13H2,1-2H3. The maximum atomic E-state index is 12.9. The normalized spacial score (nSPS) is 15.5. The summed E-state index contributed by atoms with van der Waals surface area (Å²) in [6, 6.07) is 15.1. The summed E-state index contributed by atoms with van der Waals surface area (Å²) in [6.07, 6.45) is 0.333. The molecule has 3 rings (SSSR count). The van der Waals surface area contributed by atoms with E-state index in [0.29, 0.717) is 29.4 Å². The van der Waals surface area contributed by atoms with Gasteiger partial charge in [-0.25, -0.2) is 0 Å². The molecule has 1 amide bonds. The van der Waals surface area contributed by atoms with Crippen LogP contribution in [0.4, 0.5) is 5.69 Å². The maximum absolute atomic E-state index is 12.9. The first-order chi connectivity index (χ1) is 13.5. The minimum absolute atomic E-state index is 0.00368. The number of aryl methyl sites for hydroxylation is 1. The third-order valence-electron chi connectivity index (χ3n) is 4.96. The number of rotatable bonds is 4. The first-order valence-corrected chi connectivity index (χ1v) is 9.82. The van der Waals surface area contributed by atoms with Gasteiger partial charge in [0, 0.05) is 36.9 Å². The molecule has 2 aromatic carbocycles. The lowest BCUT2D eigenvalue weighted by Crippen LogP contribution is -2.42. The van der Waals surface area contributed by atoms with Crippen LogP contribution >= 0.6 is 11.6 Å². The fourth-order valence-corrected chi connectivity index (χ4v) is 3.61. The fourth-order valence-electron chi connectivity index (χ4n) is 3.39. The molecular formula is C22H24ClN3O2. The SMILES string of the molecule is Cc1cc(Cl)ccc1OC(C)C(=O)N1CCCN(c2ccc(C#N)cc2)CC1. The molecule has 0 aliphatic carbocycles. The van der Waals surface area contributed by atoms with Gasteiger partial charge in [0.1, 0.15) is 5.75 Å². The van der Waals surface area contributed by atoms with E-state index in [1.54, 1.807) is 19.1 Å². The van der Waals surface area contributed by atoms with Crippen molar-refractivity contribution >= 4 is 23.2 Å². The molecule has 1 aliphatic heterocycles. The number of nitriles is 1. The van der Waals surface area contributed by atoms with E-state index in [9.17, 15) is 4.79 Å². The van der Waals surface area contributed by atoms with Gasteiger partial charge in [-0.15, -0.1) is 0 Å². The van der Waals surface area contributed by atoms with Crippen molar-refractivity contribution in [3.05, 3.63) is 58.6 Å². The number of hydrogen-bond acceptors (Lipinski definition) is 4. The second-order valence-corrected chi connectivity index (χ2v) is 7.43. The zero-order chi connectivity index (χ0) is 20.1. The number of carbonyl (C=O) groups excluding carboxylic acids is 1. The topological polar surface area (TPSA) is 56.6 Å². The van der Waals surface area contributed by atoms with Gasteiger partial charge in [0.2, 0.25) is 0 Å². The highest BCUT2D eigenvalue weighted by molar-refractivity contribution is 6.30. The molecule has 5 nitrogen and oxygen atoms in total. The molecule has 1 saturated heterocycles. The number of benzene rings is 2. The van der Waals surface area contributed by atoms with Crippen LogP contribution in [0.3, 0.4) is 0 Å². The molecule has 0 spiro atoms. The predicted octanol–water partition coefficient (Wildman–Crippen LogP) is 4.03. The van der Waals surface area contributed by atoms with Crippen LogP contribution in [0, 0.1) is 18.3 Å². The van der Waals surface area contributed by atoms with Gasteiger partial charge in [0.05, 0.1) is 11.6 Å². The molecule has 0 N–H and O–H groups in total. The van der Waals surface area contributed by atoms with Gasteiger partial charge in [-0.2, -0.15) is 5.26 Å². The van der Waals surface area contributed by atoms with Crippen LogP contribution in [0.25, 0.3) is 0 Å². The predicted molar refractivity (Wildman–Crippen MR) is 111 cm³/mol. The Kier molecular flexibility index (Phi) is 6.43. The Morgan fingerprint density at radius 3 is 2.57 bits per heavy atom. The zero-order valence-electron chi connectivity index (χ0n) is 16.2. The van der Waals surface area contributed by atoms with Crippen molar-refractivity contribution < 1.29 is 9.53 Å². The third kappa shape index (κ3) is 4.76. The summed E-state index contributed by atoms with van der Waals surface area (Å²) in [6.45, 7) is 6.69. The average molecular weight is 398 g/mol. The van der Waals surface area contributed by atoms with Gasteiger partial charge in [-0.05, 0) is 68.3 Å². The first kappa shape index (κ1) is 20.0. The van der Waals surface area contributed by atoms with Gasteiger partial charge >= 0.3 is 0 Å². The minimum Gasteiger partial charge on any atom is -0.481 e. The number of carbonyl (C=O) groups is 1. The van der Waals surface area contributed by atoms with Crippen LogP contribution in [0.1, 0.15) is 24.5 Å². The summed E-state index contributed by atoms with van der Waals surface area (Å²) in [5.41, 5.74) is 2.64. The van der Waals surface area contributed by atoms with E-state index in [0.717, 1.165) is 30.8 Å². The number of anilines is 1. The third-order valence-corrected chi connectivity index (χ3v) is 5.19. The molecule has 1 heterocycles. The molecule has 2 aromatic rings. The van der Waals surface area contributed by atoms with Gasteiger partial charge in [-0.1, -0.05) is 11.6 Å². The van der Waals surface area contributed by atoms with Crippen molar-refractivity contribution in [1.29, 1.82) is 5.26 Å². The summed E-state index contributed by atoms with van der Waals surface area (Å²) in [4.78, 5) is 17.0. The molecule has 1 atom stereocenters. The van der Waals surface area contributed by atoms with Crippen molar-refractivity contribution in [2.45, 2.75) is 26.4 Å². The lowest BCUT2D eigenvalue weighted by atomic mass is 10.2. The number of ether oxygens (including phenoxy) is 1. The van der Waals surface area contributed by atoms with Crippen molar-refractivity contribution in [3.63, 3.8) is 0 Å². The average Bonchev–Trinajstić information content (AvgIpc) is 2.96. The van der Waals surface area contributed by atoms with E-state index in [1.807, 2.05) is 42.2 Å². The Bertz CT molecular complexity index is 876. The molecule has 0 aromatic heterocycles. The second kappa shape index (κ2) is 8.99. The van der Waals surface area contributed by atoms with Gasteiger partial charge in [0.15, 0.2) is 6.10 Å². The lowest BCUT2D eigenvalue weighted by Gasteiger charge is -2.26. The molecule has 0 bridgehead atoms. The fraction of sp³-hybridized carbons (Fsp3) is 0.364. The van der Waals surface area contributed by atoms with Crippen molar-refractivity contribution in [3.8, 4) is 11.8 Å². The highest BCUT2D eigenvalue weighted by Gasteiger charge is 2.25. The summed E-state index contributed by atoms with van der Waals surface area (Å²) in [5, 5.41) is 9.59. The van der Waals surface area contributed by atoms with Crippen molar-refractivity contribution in [2.24, 2.45) is 0 Å². The van der Waals surface area contributed by atoms with E-state index >= 15 is 0 Å². The quantitative estimate of drug-likeness (QED) is 0.781. The largest absolute Gasteiger partial charge is 0.481 e. The van der Waals surface area contributed by atoms with Crippen LogP contribution < -0.4 is 9.64 Å². The number of halogens is 1. The molecular weight excluding hydrogens is 374 g/mol. The molecule has 28 heavy (non-hydrogen) atoms. The van der Waals surface area contributed by atoms with Crippen LogP contribution in [0.2, 0.25) is 5.02 Å². The molecule has 1 fully saturated rings. The molecule has 146 valence electrons. The Morgan fingerprint density at radius 1 is 1.14 bits per heavy atom. The van der Waals surface area contributed by atoms with Crippen molar-refractivity contribution in [1.82, 2.24) is 4.90 Å². The van der Waals surface area contributed by atoms with Crippen molar-refractivity contribution in [2.75, 3.05) is 31.1 Å². The highest BCUT2D eigenvalue weighted by Crippen LogP contribution is 2.23. The zero-order valence-corrected chi connectivity index (χ0v) is 16.9. The van der Waals surface area contributed by atoms with Gasteiger partial charge < -0.3 is 14.5 Å². The highest BCUT2D eigenvalue weighted by atomic mass is 35.5. The van der Waals surface area contributed by atoms with E-state index in [4.69, 9.17) is 21.6 Å². The van der Waals surface area contributed by atoms with Crippen LogP contribution in [-0.4, -0.2) is 43.1 Å². The summed E-state index contributed by atoms with van der Waals surface area (Å²) >= 11 is 5.99. The Morgan fingerprint density at radius 2 is 1.89 bits per heavy atom. The van der Waals surface area contributed by atoms with Gasteiger partial charge in [0.25, 0.3) is 5.91 Å². The Balaban J connectivity index is 1.60. The van der Waals surface area contributed by atoms with E-state index in [-0.39, 0.29) is 5.91 Å². The molecule has 6 heteroatoms. The smallest absolute Gasteiger partial charge is 0.263 e. The number of nitrogens with zero attached hydrogens (tertiary/aromatic N) is 3. The van der Waals surface area contributed by atoms with E-state index in [2.05, 4.69) is 11.0 Å². The Hall–Kier alpha value is -2.71. The van der Waals surface area contributed by atoms with E-state index in [1.165, 1.54) is 0 Å². The summed E-state index contributed by atoms with van der Waals surface area (Å²) < 4.78 is 5.90. The lowest BCUT2D eigenvalue weighted by molar-refractivity contribution is -0.137. The Labute approximate surface area is 171 Å². The number of hydrogen-bond donors (Lipinski definition) is 0. The maximum Gasteiger partial charge on any atom is 0.263 e. The van der Waals surface area contributed by atoms with E-state index < -0.39 is 6.10 Å². The van der Waals surface area contributed by atoms with Gasteiger partial charge in [-0.3, -0.25) is 4.79 Å². The first-order valence-electron chi connectivity index (χ1n) is 9.44. The van der Waals surface area contributed by atoms with Crippen LogP contribution in [0.5, 0.6) is 5.75 Å². The molecule has 1 unspecified atom stereocenters. The molecule has 1 aliphatic rings. The minimum atomic E-state index is -0.554. The van der Waals surface area contributed by atoms with Crippen LogP contribution in [-0.2, 0) is 4.79 Å². The second-order valence-electron chi connectivity index (χ2n) is 6.99. The molecule has 0 radical (unpaired) electrons. The summed E-state index contributed by atoms with van der Waals surface area (Å²) in [5.74, 6) is 0.676. The van der Waals surface area contributed by atoms with Crippen LogP contribution in [0.15, 0.2) is 42.5 Å². The summed E-state index contributed by atoms with van der Waals surface area (Å²) in [7, 11) is 0.